The molecule has 1 aliphatic carbocycles. The van der Waals surface area contributed by atoms with Crippen molar-refractivity contribution in [1.82, 2.24) is 26.1 Å². The van der Waals surface area contributed by atoms with E-state index in [1.807, 2.05) is 42.6 Å². The number of hydrogen-bond acceptors (Lipinski definition) is 7. The van der Waals surface area contributed by atoms with Gasteiger partial charge in [0.15, 0.2) is 0 Å². The fourth-order valence-corrected chi connectivity index (χ4v) is 5.17. The first-order valence-electron chi connectivity index (χ1n) is 12.8. The molecule has 1 aliphatic rings. The van der Waals surface area contributed by atoms with Gasteiger partial charge in [0.05, 0.1) is 6.54 Å². The highest BCUT2D eigenvalue weighted by atomic mass is 32.1. The zero-order valence-corrected chi connectivity index (χ0v) is 23.9. The highest BCUT2D eigenvalue weighted by Crippen LogP contribution is 2.51. The molecule has 0 saturated heterocycles. The smallest absolute Gasteiger partial charge is 0.408 e. The number of nitrogens with zero attached hydrogens (tertiary/aromatic N) is 2. The third-order valence-electron chi connectivity index (χ3n) is 6.34. The molecule has 4 amide bonds. The number of carbonyl (C=O) groups is 4. The van der Waals surface area contributed by atoms with Crippen LogP contribution in [0.1, 0.15) is 70.1 Å². The van der Waals surface area contributed by atoms with Gasteiger partial charge in [-0.25, -0.2) is 9.78 Å². The fourth-order valence-electron chi connectivity index (χ4n) is 4.34. The van der Waals surface area contributed by atoms with E-state index >= 15 is 0 Å². The molecular weight excluding hydrogens is 530 g/mol. The zero-order chi connectivity index (χ0) is 29.1. The number of rotatable bonds is 7. The minimum atomic E-state index is -1.29. The lowest BCUT2D eigenvalue weighted by molar-refractivity contribution is -0.125. The van der Waals surface area contributed by atoms with Gasteiger partial charge in [-0.05, 0) is 57.9 Å². The first-order valence-corrected chi connectivity index (χ1v) is 13.7. The largest absolute Gasteiger partial charge is 0.444 e. The van der Waals surface area contributed by atoms with Crippen LogP contribution in [0.15, 0.2) is 60.0 Å². The summed E-state index contributed by atoms with van der Waals surface area (Å²) < 4.78 is 5.38. The van der Waals surface area contributed by atoms with Crippen molar-refractivity contribution in [2.75, 3.05) is 7.05 Å². The predicted octanol–water partition coefficient (Wildman–Crippen LogP) is 3.94. The Hall–Kier alpha value is -4.25. The van der Waals surface area contributed by atoms with Crippen molar-refractivity contribution in [2.45, 2.75) is 57.7 Å². The first-order chi connectivity index (χ1) is 18.9. The van der Waals surface area contributed by atoms with Crippen LogP contribution in [0.25, 0.3) is 0 Å². The summed E-state index contributed by atoms with van der Waals surface area (Å²) in [6.45, 7) is 7.44. The van der Waals surface area contributed by atoms with Crippen molar-refractivity contribution in [2.24, 2.45) is 0 Å². The number of benzene rings is 2. The van der Waals surface area contributed by atoms with E-state index in [-0.39, 0.29) is 17.4 Å². The summed E-state index contributed by atoms with van der Waals surface area (Å²) in [5.41, 5.74) is 5.11. The number of carbonyl (C=O) groups excluding carboxylic acids is 4. The number of aryl methyl sites for hydroxylation is 1. The standard InChI is InChI=1S/C29H33N5O5S/c1-18-17-40-23(30-18)16-34(5)25(36)21-13-9-12-20(14-21)24(35)32-33-26(37)29(31-27(38)39-28(2,3)4)15-22(29)19-10-7-6-8-11-19/h6-14,17,22H,15-16H2,1-5H3,(H,31,38)(H,32,35)(H,33,37)/t22-,29-/m1/s1. The molecule has 210 valence electrons. The van der Waals surface area contributed by atoms with Crippen molar-refractivity contribution in [3.8, 4) is 0 Å². The highest BCUT2D eigenvalue weighted by Gasteiger charge is 2.62. The van der Waals surface area contributed by atoms with Crippen molar-refractivity contribution < 1.29 is 23.9 Å². The van der Waals surface area contributed by atoms with Crippen LogP contribution in [-0.4, -0.2) is 51.9 Å². The maximum atomic E-state index is 13.3. The second-order valence-electron chi connectivity index (χ2n) is 10.8. The van der Waals surface area contributed by atoms with Gasteiger partial charge in [0.25, 0.3) is 17.7 Å². The van der Waals surface area contributed by atoms with Gasteiger partial charge in [0, 0.05) is 35.2 Å². The number of hydrogen-bond donors (Lipinski definition) is 3. The molecule has 3 aromatic rings. The van der Waals surface area contributed by atoms with Crippen LogP contribution in [0.5, 0.6) is 0 Å². The molecule has 0 unspecified atom stereocenters. The Balaban J connectivity index is 1.42. The van der Waals surface area contributed by atoms with Gasteiger partial charge in [-0.15, -0.1) is 11.3 Å². The van der Waals surface area contributed by atoms with Gasteiger partial charge in [-0.2, -0.15) is 0 Å². The average Bonchev–Trinajstić information content (AvgIpc) is 3.49. The number of hydrazine groups is 1. The van der Waals surface area contributed by atoms with E-state index in [4.69, 9.17) is 4.74 Å². The molecule has 0 bridgehead atoms. The third-order valence-corrected chi connectivity index (χ3v) is 7.29. The maximum absolute atomic E-state index is 13.3. The van der Waals surface area contributed by atoms with E-state index in [0.29, 0.717) is 18.5 Å². The molecule has 1 heterocycles. The lowest BCUT2D eigenvalue weighted by atomic mass is 10.1. The van der Waals surface area contributed by atoms with Crippen LogP contribution >= 0.6 is 11.3 Å². The molecule has 3 N–H and O–H groups in total. The minimum Gasteiger partial charge on any atom is -0.444 e. The van der Waals surface area contributed by atoms with Gasteiger partial charge >= 0.3 is 6.09 Å². The van der Waals surface area contributed by atoms with Gasteiger partial charge < -0.3 is 15.0 Å². The van der Waals surface area contributed by atoms with E-state index in [9.17, 15) is 19.2 Å². The van der Waals surface area contributed by atoms with Crippen LogP contribution < -0.4 is 16.2 Å². The van der Waals surface area contributed by atoms with E-state index in [2.05, 4.69) is 21.2 Å². The molecule has 1 aromatic heterocycles. The first kappa shape index (κ1) is 28.8. The number of amides is 4. The fraction of sp³-hybridized carbons (Fsp3) is 0.345. The molecule has 2 atom stereocenters. The summed E-state index contributed by atoms with van der Waals surface area (Å²) in [5, 5.41) is 5.45. The van der Waals surface area contributed by atoms with Crippen LogP contribution in [0.3, 0.4) is 0 Å². The Labute approximate surface area is 237 Å². The summed E-state index contributed by atoms with van der Waals surface area (Å²) in [6, 6.07) is 15.6. The van der Waals surface area contributed by atoms with Gasteiger partial charge in [-0.3, -0.25) is 25.2 Å². The van der Waals surface area contributed by atoms with Crippen LogP contribution in [0.4, 0.5) is 4.79 Å². The van der Waals surface area contributed by atoms with Gasteiger partial charge in [0.1, 0.15) is 16.1 Å². The van der Waals surface area contributed by atoms with E-state index in [1.54, 1.807) is 46.0 Å². The molecule has 1 fully saturated rings. The van der Waals surface area contributed by atoms with E-state index < -0.39 is 29.0 Å². The van der Waals surface area contributed by atoms with Crippen molar-refractivity contribution in [3.63, 3.8) is 0 Å². The summed E-state index contributed by atoms with van der Waals surface area (Å²) in [7, 11) is 1.67. The Kier molecular flexibility index (Phi) is 8.24. The van der Waals surface area contributed by atoms with Gasteiger partial charge in [0.2, 0.25) is 0 Å². The summed E-state index contributed by atoms with van der Waals surface area (Å²) in [5.74, 6) is -1.75. The van der Waals surface area contributed by atoms with Crippen molar-refractivity contribution >= 4 is 35.2 Å². The number of ether oxygens (including phenoxy) is 1. The van der Waals surface area contributed by atoms with E-state index in [1.165, 1.54) is 22.3 Å². The van der Waals surface area contributed by atoms with Crippen LogP contribution in [0.2, 0.25) is 0 Å². The molecule has 0 aliphatic heterocycles. The third kappa shape index (κ3) is 6.84. The van der Waals surface area contributed by atoms with Crippen molar-refractivity contribution in [3.05, 3.63) is 87.4 Å². The monoisotopic (exact) mass is 563 g/mol. The molecule has 10 nitrogen and oxygen atoms in total. The predicted molar refractivity (Wildman–Crippen MR) is 151 cm³/mol. The van der Waals surface area contributed by atoms with E-state index in [0.717, 1.165) is 16.3 Å². The second-order valence-corrected chi connectivity index (χ2v) is 11.7. The number of thiazole rings is 1. The summed E-state index contributed by atoms with van der Waals surface area (Å²) in [6.07, 6.45) is -0.386. The highest BCUT2D eigenvalue weighted by molar-refractivity contribution is 7.09. The van der Waals surface area contributed by atoms with Crippen LogP contribution in [0, 0.1) is 6.92 Å². The molecule has 4 rings (SSSR count). The average molecular weight is 564 g/mol. The maximum Gasteiger partial charge on any atom is 0.408 e. The Morgan fingerprint density at radius 2 is 1.75 bits per heavy atom. The topological polar surface area (TPSA) is 130 Å². The molecule has 11 heteroatoms. The number of alkyl carbamates (subject to hydrolysis) is 1. The van der Waals surface area contributed by atoms with Gasteiger partial charge in [-0.1, -0.05) is 36.4 Å². The summed E-state index contributed by atoms with van der Waals surface area (Å²) in [4.78, 5) is 57.7. The number of aromatic nitrogens is 1. The second kappa shape index (κ2) is 11.5. The normalized spacial score (nSPS) is 17.9. The number of nitrogens with one attached hydrogen (secondary N) is 3. The Morgan fingerprint density at radius 1 is 1.05 bits per heavy atom. The molecule has 40 heavy (non-hydrogen) atoms. The summed E-state index contributed by atoms with van der Waals surface area (Å²) >= 11 is 1.48. The lowest BCUT2D eigenvalue weighted by Gasteiger charge is -2.24. The minimum absolute atomic E-state index is 0.189. The molecular formula is C29H33N5O5S. The van der Waals surface area contributed by atoms with Crippen LogP contribution in [-0.2, 0) is 16.1 Å². The molecule has 1 saturated carbocycles. The zero-order valence-electron chi connectivity index (χ0n) is 23.1. The quantitative estimate of drug-likeness (QED) is 0.374. The Bertz CT molecular complexity index is 1420. The molecule has 0 spiro atoms. The SMILES string of the molecule is Cc1csc(CN(C)C(=O)c2cccc(C(=O)NNC(=O)[C@@]3(NC(=O)OC(C)(C)C)C[C@@H]3c3ccccc3)c2)n1. The Morgan fingerprint density at radius 3 is 2.40 bits per heavy atom. The lowest BCUT2D eigenvalue weighted by Crippen LogP contribution is -2.55. The van der Waals surface area contributed by atoms with Crippen molar-refractivity contribution in [1.29, 1.82) is 0 Å². The molecule has 2 aromatic carbocycles. The molecule has 0 radical (unpaired) electrons.